The first-order valence-corrected chi connectivity index (χ1v) is 5.57. The first-order valence-electron chi connectivity index (χ1n) is 5.57. The molecule has 0 amide bonds. The summed E-state index contributed by atoms with van der Waals surface area (Å²) in [7, 11) is 0. The van der Waals surface area contributed by atoms with Gasteiger partial charge in [0.1, 0.15) is 0 Å². The summed E-state index contributed by atoms with van der Waals surface area (Å²) in [5, 5.41) is 8.94. The van der Waals surface area contributed by atoms with E-state index >= 15 is 0 Å². The van der Waals surface area contributed by atoms with Crippen LogP contribution in [0.4, 0.5) is 0 Å². The van der Waals surface area contributed by atoms with E-state index in [-0.39, 0.29) is 12.4 Å². The SMILES string of the molecule is CCOC(=O)c1ncn2c1CCC(C(=O)O)C2.Cl. The summed E-state index contributed by atoms with van der Waals surface area (Å²) in [6, 6.07) is 0. The number of halogens is 1. The number of esters is 1. The molecule has 7 heteroatoms. The van der Waals surface area contributed by atoms with Gasteiger partial charge in [0, 0.05) is 6.54 Å². The van der Waals surface area contributed by atoms with E-state index in [0.717, 1.165) is 5.69 Å². The normalized spacial score (nSPS) is 17.5. The van der Waals surface area contributed by atoms with Crippen LogP contribution in [0.5, 0.6) is 0 Å². The van der Waals surface area contributed by atoms with Crippen LogP contribution in [0.25, 0.3) is 0 Å². The number of hydrogen-bond donors (Lipinski definition) is 1. The molecule has 0 aliphatic carbocycles. The Morgan fingerprint density at radius 2 is 2.33 bits per heavy atom. The van der Waals surface area contributed by atoms with Crippen molar-refractivity contribution in [1.82, 2.24) is 9.55 Å². The third-order valence-electron chi connectivity index (χ3n) is 2.91. The minimum Gasteiger partial charge on any atom is -0.481 e. The Hall–Kier alpha value is -1.56. The lowest BCUT2D eigenvalue weighted by Gasteiger charge is -2.21. The maximum absolute atomic E-state index is 11.6. The molecule has 0 saturated carbocycles. The van der Waals surface area contributed by atoms with E-state index in [1.54, 1.807) is 11.5 Å². The average Bonchev–Trinajstić information content (AvgIpc) is 2.71. The van der Waals surface area contributed by atoms with E-state index in [4.69, 9.17) is 9.84 Å². The Kier molecular flexibility index (Phi) is 4.72. The third-order valence-corrected chi connectivity index (χ3v) is 2.91. The molecule has 1 aromatic heterocycles. The van der Waals surface area contributed by atoms with Crippen LogP contribution in [0.2, 0.25) is 0 Å². The average molecular weight is 275 g/mol. The van der Waals surface area contributed by atoms with Crippen LogP contribution in [-0.2, 0) is 22.5 Å². The van der Waals surface area contributed by atoms with Gasteiger partial charge in [0.2, 0.25) is 0 Å². The first kappa shape index (κ1) is 14.5. The molecule has 0 spiro atoms. The van der Waals surface area contributed by atoms with Crippen LogP contribution in [0.1, 0.15) is 29.5 Å². The van der Waals surface area contributed by atoms with Gasteiger partial charge in [-0.25, -0.2) is 9.78 Å². The fraction of sp³-hybridized carbons (Fsp3) is 0.545. The molecule has 0 saturated heterocycles. The Balaban J connectivity index is 0.00000162. The molecule has 1 unspecified atom stereocenters. The highest BCUT2D eigenvalue weighted by atomic mass is 35.5. The van der Waals surface area contributed by atoms with Crippen molar-refractivity contribution in [3.05, 3.63) is 17.7 Å². The molecule has 0 bridgehead atoms. The van der Waals surface area contributed by atoms with E-state index in [1.165, 1.54) is 6.33 Å². The lowest BCUT2D eigenvalue weighted by Crippen LogP contribution is -2.26. The standard InChI is InChI=1S/C11H14N2O4.ClH/c1-2-17-11(16)9-8-4-3-7(10(14)15)5-13(8)6-12-9;/h6-7H,2-5H2,1H3,(H,14,15);1H. The summed E-state index contributed by atoms with van der Waals surface area (Å²) >= 11 is 0. The second-order valence-electron chi connectivity index (χ2n) is 3.99. The summed E-state index contributed by atoms with van der Waals surface area (Å²) in [6.07, 6.45) is 2.59. The molecule has 2 heterocycles. The molecular formula is C11H15ClN2O4. The number of rotatable bonds is 3. The molecule has 6 nitrogen and oxygen atoms in total. The van der Waals surface area contributed by atoms with Crippen LogP contribution in [0, 0.1) is 5.92 Å². The van der Waals surface area contributed by atoms with Gasteiger partial charge >= 0.3 is 11.9 Å². The molecular weight excluding hydrogens is 260 g/mol. The number of fused-ring (bicyclic) bond motifs is 1. The number of aromatic nitrogens is 2. The van der Waals surface area contributed by atoms with E-state index in [1.807, 2.05) is 0 Å². The molecule has 0 aromatic carbocycles. The zero-order valence-electron chi connectivity index (χ0n) is 9.96. The van der Waals surface area contributed by atoms with Gasteiger partial charge in [0.15, 0.2) is 5.69 Å². The number of hydrogen-bond acceptors (Lipinski definition) is 4. The highest BCUT2D eigenvalue weighted by Crippen LogP contribution is 2.22. The number of carbonyl (C=O) groups is 2. The molecule has 1 aliphatic heterocycles. The molecule has 2 rings (SSSR count). The molecule has 1 atom stereocenters. The molecule has 1 N–H and O–H groups in total. The molecule has 1 aliphatic rings. The van der Waals surface area contributed by atoms with Crippen LogP contribution in [0.3, 0.4) is 0 Å². The predicted molar refractivity (Wildman–Crippen MR) is 64.9 cm³/mol. The van der Waals surface area contributed by atoms with Gasteiger partial charge < -0.3 is 14.4 Å². The zero-order valence-corrected chi connectivity index (χ0v) is 10.8. The van der Waals surface area contributed by atoms with Crippen LogP contribution in [0.15, 0.2) is 6.33 Å². The van der Waals surface area contributed by atoms with E-state index < -0.39 is 17.9 Å². The zero-order chi connectivity index (χ0) is 12.4. The van der Waals surface area contributed by atoms with E-state index in [0.29, 0.717) is 31.7 Å². The Morgan fingerprint density at radius 3 is 2.94 bits per heavy atom. The summed E-state index contributed by atoms with van der Waals surface area (Å²) in [6.45, 7) is 2.42. The Bertz CT molecular complexity index is 458. The second-order valence-corrected chi connectivity index (χ2v) is 3.99. The predicted octanol–water partition coefficient (Wildman–Crippen LogP) is 1.13. The molecule has 0 fully saturated rings. The molecule has 1 aromatic rings. The van der Waals surface area contributed by atoms with Crippen molar-refractivity contribution in [2.24, 2.45) is 5.92 Å². The minimum absolute atomic E-state index is 0. The van der Waals surface area contributed by atoms with Crippen molar-refractivity contribution in [3.63, 3.8) is 0 Å². The summed E-state index contributed by atoms with van der Waals surface area (Å²) in [4.78, 5) is 26.5. The maximum Gasteiger partial charge on any atom is 0.358 e. The van der Waals surface area contributed by atoms with Crippen molar-refractivity contribution in [1.29, 1.82) is 0 Å². The number of nitrogens with zero attached hydrogens (tertiary/aromatic N) is 2. The van der Waals surface area contributed by atoms with Crippen LogP contribution in [-0.4, -0.2) is 33.2 Å². The van der Waals surface area contributed by atoms with Gasteiger partial charge in [-0.15, -0.1) is 12.4 Å². The number of carboxylic acid groups (broad SMARTS) is 1. The van der Waals surface area contributed by atoms with Gasteiger partial charge in [-0.05, 0) is 19.8 Å². The molecule has 18 heavy (non-hydrogen) atoms. The van der Waals surface area contributed by atoms with Gasteiger partial charge in [-0.1, -0.05) is 0 Å². The van der Waals surface area contributed by atoms with Crippen molar-refractivity contribution in [2.45, 2.75) is 26.3 Å². The quantitative estimate of drug-likeness (QED) is 0.836. The lowest BCUT2D eigenvalue weighted by molar-refractivity contribution is -0.142. The van der Waals surface area contributed by atoms with Gasteiger partial charge in [0.25, 0.3) is 0 Å². The van der Waals surface area contributed by atoms with Gasteiger partial charge in [-0.3, -0.25) is 4.79 Å². The Labute approximate surface area is 110 Å². The number of imidazole rings is 1. The number of carboxylic acids is 1. The molecule has 0 radical (unpaired) electrons. The van der Waals surface area contributed by atoms with Gasteiger partial charge in [-0.2, -0.15) is 0 Å². The smallest absolute Gasteiger partial charge is 0.358 e. The highest BCUT2D eigenvalue weighted by molar-refractivity contribution is 5.88. The van der Waals surface area contributed by atoms with E-state index in [2.05, 4.69) is 4.98 Å². The highest BCUT2D eigenvalue weighted by Gasteiger charge is 2.28. The first-order chi connectivity index (χ1) is 8.13. The van der Waals surface area contributed by atoms with Crippen molar-refractivity contribution < 1.29 is 19.4 Å². The fourth-order valence-electron chi connectivity index (χ4n) is 2.04. The Morgan fingerprint density at radius 1 is 1.61 bits per heavy atom. The second kappa shape index (κ2) is 5.86. The van der Waals surface area contributed by atoms with Crippen molar-refractivity contribution >= 4 is 24.3 Å². The minimum atomic E-state index is -0.804. The fourth-order valence-corrected chi connectivity index (χ4v) is 2.04. The topological polar surface area (TPSA) is 81.4 Å². The summed E-state index contributed by atoms with van der Waals surface area (Å²) in [5.74, 6) is -1.64. The number of aliphatic carboxylic acids is 1. The monoisotopic (exact) mass is 274 g/mol. The van der Waals surface area contributed by atoms with Gasteiger partial charge in [0.05, 0.1) is 24.5 Å². The largest absolute Gasteiger partial charge is 0.481 e. The summed E-state index contributed by atoms with van der Waals surface area (Å²) in [5.41, 5.74) is 1.09. The third kappa shape index (κ3) is 2.64. The lowest BCUT2D eigenvalue weighted by atomic mass is 9.97. The maximum atomic E-state index is 11.6. The number of carbonyl (C=O) groups excluding carboxylic acids is 1. The van der Waals surface area contributed by atoms with Crippen LogP contribution >= 0.6 is 12.4 Å². The number of ether oxygens (including phenoxy) is 1. The van der Waals surface area contributed by atoms with E-state index in [9.17, 15) is 9.59 Å². The van der Waals surface area contributed by atoms with Crippen molar-refractivity contribution in [3.8, 4) is 0 Å². The van der Waals surface area contributed by atoms with Crippen LogP contribution < -0.4 is 0 Å². The van der Waals surface area contributed by atoms with Crippen molar-refractivity contribution in [2.75, 3.05) is 6.61 Å². The summed E-state index contributed by atoms with van der Waals surface area (Å²) < 4.78 is 6.63. The molecule has 100 valence electrons.